The van der Waals surface area contributed by atoms with Gasteiger partial charge in [-0.1, -0.05) is 6.07 Å². The molecule has 0 N–H and O–H groups in total. The first-order valence-electron chi connectivity index (χ1n) is 3.99. The molecule has 1 aromatic heterocycles. The van der Waals surface area contributed by atoms with E-state index < -0.39 is 0 Å². The van der Waals surface area contributed by atoms with Gasteiger partial charge >= 0.3 is 0 Å². The summed E-state index contributed by atoms with van der Waals surface area (Å²) < 4.78 is 0. The van der Waals surface area contributed by atoms with Gasteiger partial charge in [-0.2, -0.15) is 0 Å². The van der Waals surface area contributed by atoms with Crippen LogP contribution in [0.4, 0.5) is 0 Å². The molecule has 0 fully saturated rings. The number of rotatable bonds is 3. The quantitative estimate of drug-likeness (QED) is 0.512. The first kappa shape index (κ1) is 9.45. The Bertz CT molecular complexity index is 304. The minimum atomic E-state index is 0.610. The van der Waals surface area contributed by atoms with E-state index in [9.17, 15) is 4.79 Å². The monoisotopic (exact) mass is 176 g/mol. The van der Waals surface area contributed by atoms with Gasteiger partial charge in [0.1, 0.15) is 0 Å². The summed E-state index contributed by atoms with van der Waals surface area (Å²) in [4.78, 5) is 16.5. The minimum absolute atomic E-state index is 0.610. The van der Waals surface area contributed by atoms with Crippen molar-refractivity contribution in [1.29, 1.82) is 0 Å². The highest BCUT2D eigenvalue weighted by atomic mass is 16.1. The molecule has 0 radical (unpaired) electrons. The molecule has 0 spiro atoms. The molecule has 0 unspecified atom stereocenters. The van der Waals surface area contributed by atoms with Gasteiger partial charge in [0.2, 0.25) is 0 Å². The summed E-state index contributed by atoms with van der Waals surface area (Å²) in [6.07, 6.45) is 4.26. The van der Waals surface area contributed by atoms with E-state index in [2.05, 4.69) is 4.98 Å². The molecule has 0 saturated heterocycles. The molecule has 0 aliphatic carbocycles. The molecule has 0 bridgehead atoms. The molecule has 0 aliphatic rings. The second-order valence-electron chi connectivity index (χ2n) is 2.84. The zero-order valence-electron chi connectivity index (χ0n) is 7.77. The van der Waals surface area contributed by atoms with Crippen molar-refractivity contribution in [1.82, 2.24) is 9.88 Å². The fraction of sp³-hybridized carbons (Fsp3) is 0.200. The van der Waals surface area contributed by atoms with Gasteiger partial charge in [-0.05, 0) is 18.2 Å². The first-order valence-corrected chi connectivity index (χ1v) is 3.99. The Morgan fingerprint density at radius 2 is 2.23 bits per heavy atom. The van der Waals surface area contributed by atoms with E-state index in [0.29, 0.717) is 5.70 Å². The summed E-state index contributed by atoms with van der Waals surface area (Å²) in [5.41, 5.74) is 1.40. The van der Waals surface area contributed by atoms with E-state index in [-0.39, 0.29) is 0 Å². The third kappa shape index (κ3) is 2.71. The first-order chi connectivity index (χ1) is 6.24. The fourth-order valence-corrected chi connectivity index (χ4v) is 0.881. The van der Waals surface area contributed by atoms with Gasteiger partial charge in [-0.15, -0.1) is 0 Å². The number of nitrogens with zero attached hydrogens (tertiary/aromatic N) is 2. The van der Waals surface area contributed by atoms with Crippen LogP contribution in [-0.2, 0) is 4.79 Å². The second-order valence-corrected chi connectivity index (χ2v) is 2.84. The summed E-state index contributed by atoms with van der Waals surface area (Å²) in [6, 6.07) is 5.58. The van der Waals surface area contributed by atoms with Crippen molar-refractivity contribution in [2.24, 2.45) is 0 Å². The number of allylic oxidation sites excluding steroid dienone is 1. The summed E-state index contributed by atoms with van der Waals surface area (Å²) >= 11 is 0. The van der Waals surface area contributed by atoms with Crippen LogP contribution in [0.5, 0.6) is 0 Å². The molecule has 1 aromatic rings. The lowest BCUT2D eigenvalue weighted by molar-refractivity contribution is -0.105. The number of hydrogen-bond donors (Lipinski definition) is 0. The van der Waals surface area contributed by atoms with Crippen LogP contribution in [0.25, 0.3) is 6.08 Å². The topological polar surface area (TPSA) is 33.2 Å². The van der Waals surface area contributed by atoms with Crippen LogP contribution in [0.15, 0.2) is 30.1 Å². The number of carbonyl (C=O) groups excluding carboxylic acids is 1. The number of hydrogen-bond acceptors (Lipinski definition) is 3. The number of likely N-dealkylation sites (N-methyl/N-ethyl adjacent to an activating group) is 1. The zero-order valence-corrected chi connectivity index (χ0v) is 7.77. The van der Waals surface area contributed by atoms with E-state index in [0.717, 1.165) is 12.0 Å². The molecule has 1 heterocycles. The van der Waals surface area contributed by atoms with Crippen LogP contribution in [-0.4, -0.2) is 30.3 Å². The lowest BCUT2D eigenvalue weighted by Gasteiger charge is -2.10. The Balaban J connectivity index is 2.92. The van der Waals surface area contributed by atoms with Crippen LogP contribution >= 0.6 is 0 Å². The highest BCUT2D eigenvalue weighted by molar-refractivity contribution is 5.80. The lowest BCUT2D eigenvalue weighted by atomic mass is 10.3. The number of carbonyl (C=O) groups is 1. The van der Waals surface area contributed by atoms with E-state index in [1.165, 1.54) is 0 Å². The zero-order chi connectivity index (χ0) is 9.68. The maximum Gasteiger partial charge on any atom is 0.166 e. The van der Waals surface area contributed by atoms with Crippen LogP contribution < -0.4 is 0 Å². The second kappa shape index (κ2) is 4.40. The third-order valence-electron chi connectivity index (χ3n) is 1.62. The number of aldehydes is 1. The van der Waals surface area contributed by atoms with Crippen LogP contribution in [0.3, 0.4) is 0 Å². The third-order valence-corrected chi connectivity index (χ3v) is 1.62. The van der Waals surface area contributed by atoms with Crippen molar-refractivity contribution in [2.45, 2.75) is 0 Å². The van der Waals surface area contributed by atoms with Crippen LogP contribution in [0.1, 0.15) is 5.69 Å². The van der Waals surface area contributed by atoms with E-state index in [4.69, 9.17) is 0 Å². The van der Waals surface area contributed by atoms with Gasteiger partial charge in [0.05, 0.1) is 11.4 Å². The molecule has 0 amide bonds. The number of aromatic nitrogens is 1. The van der Waals surface area contributed by atoms with Gasteiger partial charge in [0.15, 0.2) is 6.29 Å². The van der Waals surface area contributed by atoms with Crippen molar-refractivity contribution in [3.63, 3.8) is 0 Å². The van der Waals surface area contributed by atoms with Crippen molar-refractivity contribution < 1.29 is 4.79 Å². The molecular formula is C10H12N2O. The highest BCUT2D eigenvalue weighted by Gasteiger charge is 1.97. The fourth-order valence-electron chi connectivity index (χ4n) is 0.881. The maximum absolute atomic E-state index is 10.6. The molecule has 3 nitrogen and oxygen atoms in total. The number of pyridine rings is 1. The molecule has 0 saturated carbocycles. The van der Waals surface area contributed by atoms with Gasteiger partial charge in [-0.25, -0.2) is 0 Å². The van der Waals surface area contributed by atoms with Crippen molar-refractivity contribution in [2.75, 3.05) is 14.1 Å². The highest BCUT2D eigenvalue weighted by Crippen LogP contribution is 2.02. The molecule has 0 aromatic carbocycles. The average Bonchev–Trinajstić information content (AvgIpc) is 2.15. The minimum Gasteiger partial charge on any atom is -0.375 e. The largest absolute Gasteiger partial charge is 0.375 e. The predicted molar refractivity (Wildman–Crippen MR) is 52.0 cm³/mol. The van der Waals surface area contributed by atoms with Gasteiger partial charge in [-0.3, -0.25) is 9.78 Å². The standard InChI is InChI=1S/C10H12N2O/c1-12(2)10(8-13)7-9-5-3-4-6-11-9/h3-8H,1-2H3/b10-7+. The van der Waals surface area contributed by atoms with Crippen molar-refractivity contribution >= 4 is 12.4 Å². The van der Waals surface area contributed by atoms with Crippen LogP contribution in [0, 0.1) is 0 Å². The normalized spacial score (nSPS) is 11.1. The Kier molecular flexibility index (Phi) is 3.20. The molecule has 1 rings (SSSR count). The maximum atomic E-state index is 10.6. The smallest absolute Gasteiger partial charge is 0.166 e. The molecule has 13 heavy (non-hydrogen) atoms. The van der Waals surface area contributed by atoms with E-state index >= 15 is 0 Å². The summed E-state index contributed by atoms with van der Waals surface area (Å²) in [7, 11) is 3.65. The average molecular weight is 176 g/mol. The summed E-state index contributed by atoms with van der Waals surface area (Å²) in [6.45, 7) is 0. The van der Waals surface area contributed by atoms with Gasteiger partial charge in [0.25, 0.3) is 0 Å². The van der Waals surface area contributed by atoms with Crippen molar-refractivity contribution in [3.05, 3.63) is 35.8 Å². The summed E-state index contributed by atoms with van der Waals surface area (Å²) in [5.74, 6) is 0. The molecule has 3 heteroatoms. The molecular weight excluding hydrogens is 164 g/mol. The molecule has 68 valence electrons. The Morgan fingerprint density at radius 3 is 2.69 bits per heavy atom. The van der Waals surface area contributed by atoms with Crippen LogP contribution in [0.2, 0.25) is 0 Å². The predicted octanol–water partition coefficient (Wildman–Crippen LogP) is 1.18. The lowest BCUT2D eigenvalue weighted by Crippen LogP contribution is -2.11. The van der Waals surface area contributed by atoms with E-state index in [1.54, 1.807) is 17.2 Å². The van der Waals surface area contributed by atoms with Crippen molar-refractivity contribution in [3.8, 4) is 0 Å². The van der Waals surface area contributed by atoms with Gasteiger partial charge in [0, 0.05) is 20.3 Å². The summed E-state index contributed by atoms with van der Waals surface area (Å²) in [5, 5.41) is 0. The molecule has 0 atom stereocenters. The van der Waals surface area contributed by atoms with E-state index in [1.807, 2.05) is 32.3 Å². The molecule has 0 aliphatic heterocycles. The Labute approximate surface area is 77.7 Å². The SMILES string of the molecule is CN(C)/C(C=O)=C/c1ccccn1. The Hall–Kier alpha value is -1.64. The van der Waals surface area contributed by atoms with Gasteiger partial charge < -0.3 is 4.90 Å². The Morgan fingerprint density at radius 1 is 1.46 bits per heavy atom.